The molecule has 1 N–H and O–H groups in total. The van der Waals surface area contributed by atoms with Gasteiger partial charge in [0.1, 0.15) is 5.82 Å². The van der Waals surface area contributed by atoms with Crippen LogP contribution in [0.15, 0.2) is 30.6 Å². The van der Waals surface area contributed by atoms with E-state index in [4.69, 9.17) is 16.7 Å². The van der Waals surface area contributed by atoms with E-state index in [9.17, 15) is 4.79 Å². The summed E-state index contributed by atoms with van der Waals surface area (Å²) >= 11 is 5.99. The van der Waals surface area contributed by atoms with Crippen molar-refractivity contribution in [1.82, 2.24) is 9.55 Å². The molecule has 4 nitrogen and oxygen atoms in total. The second kappa shape index (κ2) is 5.23. The van der Waals surface area contributed by atoms with Crippen LogP contribution in [0.2, 0.25) is 5.02 Å². The van der Waals surface area contributed by atoms with E-state index in [1.54, 1.807) is 6.20 Å². The molecule has 1 aromatic carbocycles. The number of carboxylic acids is 1. The normalized spacial score (nSPS) is 10.6. The Hall–Kier alpha value is -1.81. The van der Waals surface area contributed by atoms with E-state index >= 15 is 0 Å². The van der Waals surface area contributed by atoms with Gasteiger partial charge in [-0.3, -0.25) is 4.79 Å². The summed E-state index contributed by atoms with van der Waals surface area (Å²) in [6, 6.07) is 5.61. The number of benzene rings is 1. The molecule has 0 bridgehead atoms. The SMILES string of the molecule is Cc1ccc(Cl)cc1-n1ccnc1CCC(=O)O. The predicted octanol–water partition coefficient (Wildman–Crippen LogP) is 2.85. The quantitative estimate of drug-likeness (QED) is 0.924. The van der Waals surface area contributed by atoms with Crippen LogP contribution in [-0.4, -0.2) is 20.6 Å². The molecule has 0 aliphatic rings. The van der Waals surface area contributed by atoms with Crippen molar-refractivity contribution in [2.24, 2.45) is 0 Å². The maximum Gasteiger partial charge on any atom is 0.303 e. The molecule has 1 heterocycles. The first-order valence-electron chi connectivity index (χ1n) is 5.58. The number of hydrogen-bond donors (Lipinski definition) is 1. The highest BCUT2D eigenvalue weighted by molar-refractivity contribution is 6.30. The van der Waals surface area contributed by atoms with E-state index in [2.05, 4.69) is 4.98 Å². The van der Waals surface area contributed by atoms with E-state index in [0.717, 1.165) is 17.1 Å². The smallest absolute Gasteiger partial charge is 0.303 e. The molecule has 0 unspecified atom stereocenters. The first kappa shape index (κ1) is 12.6. The third kappa shape index (κ3) is 2.71. The van der Waals surface area contributed by atoms with Crippen LogP contribution in [0.5, 0.6) is 0 Å². The molecule has 0 spiro atoms. The maximum atomic E-state index is 10.6. The van der Waals surface area contributed by atoms with Gasteiger partial charge in [-0.05, 0) is 24.6 Å². The first-order chi connectivity index (χ1) is 8.58. The van der Waals surface area contributed by atoms with Crippen molar-refractivity contribution in [3.63, 3.8) is 0 Å². The number of carbonyl (C=O) groups is 1. The molecule has 0 atom stereocenters. The fourth-order valence-corrected chi connectivity index (χ4v) is 1.97. The molecule has 5 heteroatoms. The van der Waals surface area contributed by atoms with Gasteiger partial charge in [0.15, 0.2) is 0 Å². The summed E-state index contributed by atoms with van der Waals surface area (Å²) in [6.07, 6.45) is 3.94. The number of imidazole rings is 1. The van der Waals surface area contributed by atoms with Gasteiger partial charge < -0.3 is 9.67 Å². The van der Waals surface area contributed by atoms with Crippen LogP contribution in [-0.2, 0) is 11.2 Å². The van der Waals surface area contributed by atoms with Crippen molar-refractivity contribution in [1.29, 1.82) is 0 Å². The zero-order valence-corrected chi connectivity index (χ0v) is 10.7. The third-order valence-electron chi connectivity index (χ3n) is 2.71. The average molecular weight is 265 g/mol. The van der Waals surface area contributed by atoms with E-state index < -0.39 is 5.97 Å². The number of aromatic nitrogens is 2. The Balaban J connectivity index is 2.36. The molecule has 94 valence electrons. The number of aryl methyl sites for hydroxylation is 2. The topological polar surface area (TPSA) is 55.1 Å². The zero-order valence-electron chi connectivity index (χ0n) is 9.93. The minimum absolute atomic E-state index is 0.0661. The van der Waals surface area contributed by atoms with Gasteiger partial charge in [-0.25, -0.2) is 4.98 Å². The van der Waals surface area contributed by atoms with Gasteiger partial charge in [-0.15, -0.1) is 0 Å². The van der Waals surface area contributed by atoms with Gasteiger partial charge in [0.05, 0.1) is 12.1 Å². The maximum absolute atomic E-state index is 10.6. The predicted molar refractivity (Wildman–Crippen MR) is 69.3 cm³/mol. The van der Waals surface area contributed by atoms with Gasteiger partial charge >= 0.3 is 5.97 Å². The van der Waals surface area contributed by atoms with E-state index in [0.29, 0.717) is 11.4 Å². The molecular weight excluding hydrogens is 252 g/mol. The largest absolute Gasteiger partial charge is 0.481 e. The molecule has 0 saturated carbocycles. The monoisotopic (exact) mass is 264 g/mol. The van der Waals surface area contributed by atoms with Crippen molar-refractivity contribution >= 4 is 17.6 Å². The van der Waals surface area contributed by atoms with Gasteiger partial charge in [-0.1, -0.05) is 17.7 Å². The van der Waals surface area contributed by atoms with E-state index in [-0.39, 0.29) is 6.42 Å². The average Bonchev–Trinajstić information content (AvgIpc) is 2.77. The summed E-state index contributed by atoms with van der Waals surface area (Å²) in [7, 11) is 0. The molecule has 2 aromatic rings. The van der Waals surface area contributed by atoms with Crippen LogP contribution in [0.3, 0.4) is 0 Å². The number of halogens is 1. The standard InChI is InChI=1S/C13H13ClN2O2/c1-9-2-3-10(14)8-11(9)16-7-6-15-12(16)4-5-13(17)18/h2-3,6-8H,4-5H2,1H3,(H,17,18). The summed E-state index contributed by atoms with van der Waals surface area (Å²) < 4.78 is 1.88. The molecule has 0 radical (unpaired) electrons. The summed E-state index contributed by atoms with van der Waals surface area (Å²) in [4.78, 5) is 14.8. The van der Waals surface area contributed by atoms with Crippen LogP contribution < -0.4 is 0 Å². The lowest BCUT2D eigenvalue weighted by atomic mass is 10.2. The number of nitrogens with zero attached hydrogens (tertiary/aromatic N) is 2. The number of aliphatic carboxylic acids is 1. The lowest BCUT2D eigenvalue weighted by molar-refractivity contribution is -0.137. The molecule has 0 saturated heterocycles. The van der Waals surface area contributed by atoms with E-state index in [1.165, 1.54) is 0 Å². The molecule has 1 aromatic heterocycles. The molecule has 2 rings (SSSR count). The van der Waals surface area contributed by atoms with Crippen molar-refractivity contribution in [3.05, 3.63) is 47.0 Å². The van der Waals surface area contributed by atoms with Crippen LogP contribution in [0, 0.1) is 6.92 Å². The minimum atomic E-state index is -0.827. The Morgan fingerprint density at radius 1 is 1.50 bits per heavy atom. The fourth-order valence-electron chi connectivity index (χ4n) is 1.80. The van der Waals surface area contributed by atoms with Crippen molar-refractivity contribution in [2.45, 2.75) is 19.8 Å². The summed E-state index contributed by atoms with van der Waals surface area (Å²) in [5.74, 6) is -0.102. The minimum Gasteiger partial charge on any atom is -0.481 e. The first-order valence-corrected chi connectivity index (χ1v) is 5.96. The van der Waals surface area contributed by atoms with Crippen molar-refractivity contribution in [3.8, 4) is 5.69 Å². The second-order valence-corrected chi connectivity index (χ2v) is 4.47. The Kier molecular flexibility index (Phi) is 3.67. The number of hydrogen-bond acceptors (Lipinski definition) is 2. The summed E-state index contributed by atoms with van der Waals surface area (Å²) in [5, 5.41) is 9.36. The fraction of sp³-hybridized carbons (Fsp3) is 0.231. The molecule has 18 heavy (non-hydrogen) atoms. The number of rotatable bonds is 4. The molecular formula is C13H13ClN2O2. The lowest BCUT2D eigenvalue weighted by Crippen LogP contribution is -2.05. The van der Waals surface area contributed by atoms with Crippen molar-refractivity contribution < 1.29 is 9.90 Å². The highest BCUT2D eigenvalue weighted by Crippen LogP contribution is 2.21. The van der Waals surface area contributed by atoms with Crippen molar-refractivity contribution in [2.75, 3.05) is 0 Å². The zero-order chi connectivity index (χ0) is 13.1. The molecule has 0 aliphatic carbocycles. The van der Waals surface area contributed by atoms with E-state index in [1.807, 2.05) is 35.9 Å². The summed E-state index contributed by atoms with van der Waals surface area (Å²) in [6.45, 7) is 1.98. The highest BCUT2D eigenvalue weighted by atomic mass is 35.5. The van der Waals surface area contributed by atoms with Gasteiger partial charge in [0, 0.05) is 23.8 Å². The molecule has 0 aliphatic heterocycles. The number of carboxylic acid groups (broad SMARTS) is 1. The Labute approximate surface area is 110 Å². The van der Waals surface area contributed by atoms with Crippen LogP contribution in [0.25, 0.3) is 5.69 Å². The van der Waals surface area contributed by atoms with Crippen LogP contribution >= 0.6 is 11.6 Å². The van der Waals surface area contributed by atoms with Gasteiger partial charge in [-0.2, -0.15) is 0 Å². The second-order valence-electron chi connectivity index (χ2n) is 4.04. The molecule has 0 amide bonds. The van der Waals surface area contributed by atoms with Gasteiger partial charge in [0.25, 0.3) is 0 Å². The van der Waals surface area contributed by atoms with Crippen LogP contribution in [0.1, 0.15) is 17.8 Å². The highest BCUT2D eigenvalue weighted by Gasteiger charge is 2.09. The third-order valence-corrected chi connectivity index (χ3v) is 2.95. The Morgan fingerprint density at radius 2 is 2.28 bits per heavy atom. The lowest BCUT2D eigenvalue weighted by Gasteiger charge is -2.10. The Bertz CT molecular complexity index is 578. The van der Waals surface area contributed by atoms with Crippen LogP contribution in [0.4, 0.5) is 0 Å². The van der Waals surface area contributed by atoms with Gasteiger partial charge in [0.2, 0.25) is 0 Å². The molecule has 0 fully saturated rings. The summed E-state index contributed by atoms with van der Waals surface area (Å²) in [5.41, 5.74) is 1.99. The Morgan fingerprint density at radius 3 is 3.00 bits per heavy atom.